The number of hydrogen-bond acceptors (Lipinski definition) is 21. The summed E-state index contributed by atoms with van der Waals surface area (Å²) in [5.41, 5.74) is 46.6. The quantitative estimate of drug-likeness (QED) is 0.0142. The number of carbonyl (C=O) groups excluding carboxylic acids is 13. The number of nitrogens with one attached hydrogen (secondary N) is 12. The van der Waals surface area contributed by atoms with Crippen LogP contribution in [-0.2, 0) is 81.6 Å². The van der Waals surface area contributed by atoms with E-state index in [1.807, 2.05) is 0 Å². The third kappa shape index (κ3) is 35.0. The number of amides is 13. The smallest absolute Gasteiger partial charge is 0.245 e. The van der Waals surface area contributed by atoms with Gasteiger partial charge in [0.15, 0.2) is 11.9 Å². The number of hydrogen-bond donors (Lipinski definition) is 22. The van der Waals surface area contributed by atoms with Gasteiger partial charge in [0.05, 0.1) is 39.4 Å². The van der Waals surface area contributed by atoms with E-state index in [2.05, 4.69) is 73.8 Å². The summed E-state index contributed by atoms with van der Waals surface area (Å²) in [6.07, 6.45) is 1.59. The van der Waals surface area contributed by atoms with Crippen LogP contribution in [0.3, 0.4) is 0 Å². The molecule has 578 valence electrons. The highest BCUT2D eigenvalue weighted by molar-refractivity contribution is 5.99. The van der Waals surface area contributed by atoms with E-state index in [9.17, 15) is 72.5 Å². The minimum absolute atomic E-state index is 0.0233. The number of aromatic hydroxyl groups is 1. The number of rotatable bonds is 49. The van der Waals surface area contributed by atoms with Crippen molar-refractivity contribution in [2.45, 2.75) is 158 Å². The molecule has 0 radical (unpaired) electrons. The minimum atomic E-state index is -1.73. The Bertz CT molecular complexity index is 3400. The van der Waals surface area contributed by atoms with Gasteiger partial charge in [0, 0.05) is 25.9 Å². The number of aliphatic hydroxyl groups is 1. The van der Waals surface area contributed by atoms with Crippen LogP contribution in [0.15, 0.2) is 88.8 Å². The molecule has 0 aromatic heterocycles. The number of carbonyl (C=O) groups is 13. The second kappa shape index (κ2) is 47.8. The zero-order chi connectivity index (χ0) is 78.0. The predicted octanol–water partition coefficient (Wildman–Crippen LogP) is -7.65. The van der Waals surface area contributed by atoms with Gasteiger partial charge in [-0.2, -0.15) is 0 Å². The molecule has 3 aromatic rings. The predicted molar refractivity (Wildman–Crippen MR) is 386 cm³/mol. The molecule has 0 aliphatic rings. The van der Waals surface area contributed by atoms with Crippen LogP contribution in [0.2, 0.25) is 0 Å². The maximum absolute atomic E-state index is 14.3. The summed E-state index contributed by atoms with van der Waals surface area (Å²) in [5.74, 6) is -11.3. The van der Waals surface area contributed by atoms with Crippen molar-refractivity contribution in [1.82, 2.24) is 63.8 Å². The Kier molecular flexibility index (Phi) is 40.1. The number of benzene rings is 3. The number of phenols is 1. The van der Waals surface area contributed by atoms with Gasteiger partial charge in [-0.25, -0.2) is 0 Å². The van der Waals surface area contributed by atoms with Crippen molar-refractivity contribution in [2.75, 3.05) is 59.5 Å². The first kappa shape index (κ1) is 88.0. The lowest BCUT2D eigenvalue weighted by molar-refractivity contribution is -0.136. The fourth-order valence-corrected chi connectivity index (χ4v) is 10.0. The molecule has 10 atom stereocenters. The highest BCUT2D eigenvalue weighted by Gasteiger charge is 2.34. The zero-order valence-corrected chi connectivity index (χ0v) is 59.3. The topological polar surface area (TPSA) is 649 Å². The summed E-state index contributed by atoms with van der Waals surface area (Å²) in [5, 5.41) is 49.8. The lowest BCUT2D eigenvalue weighted by Gasteiger charge is -2.26. The Morgan fingerprint density at radius 3 is 1.30 bits per heavy atom. The fourth-order valence-electron chi connectivity index (χ4n) is 10.0. The summed E-state index contributed by atoms with van der Waals surface area (Å²) in [4.78, 5) is 184. The molecule has 13 amide bonds. The highest BCUT2D eigenvalue weighted by Crippen LogP contribution is 2.15. The van der Waals surface area contributed by atoms with Crippen molar-refractivity contribution in [3.63, 3.8) is 0 Å². The van der Waals surface area contributed by atoms with E-state index in [1.165, 1.54) is 33.1 Å². The van der Waals surface area contributed by atoms with Crippen LogP contribution in [-0.4, -0.2) is 219 Å². The normalized spacial score (nSPS) is 13.7. The van der Waals surface area contributed by atoms with Gasteiger partial charge >= 0.3 is 0 Å². The van der Waals surface area contributed by atoms with Crippen LogP contribution >= 0.6 is 0 Å². The molecule has 0 bridgehead atoms. The Labute approximate surface area is 607 Å². The average Bonchev–Trinajstić information content (AvgIpc) is 0.870. The molecular weight excluding hydrogens is 1370 g/mol. The first-order chi connectivity index (χ1) is 50.0. The Morgan fingerprint density at radius 1 is 0.410 bits per heavy atom. The summed E-state index contributed by atoms with van der Waals surface area (Å²) < 4.78 is 5.28. The SMILES string of the molecule is COc1ccc(C[C@H](NC(=O)[C@H](Cc2ccccc2)NC(=O)CNC(=O)CNC(=O)[C@@H](N)Cc2ccc(O)cc2)C(=O)NCC(=O)N[C@@H](C)C(=O)N[C@@H](CCCN=C(N)N)C(=O)N[C@@H](CCCCN)C(=O)N[C@@H](CO)C(=O)N[C@@H](C)C(=O)N[C@@H](CCCN=C(N)N)C(=O)N[C@@H](CCCCN)C(N)=O)cc1. The van der Waals surface area contributed by atoms with E-state index in [4.69, 9.17) is 50.6 Å². The second-order valence-corrected chi connectivity index (χ2v) is 24.5. The van der Waals surface area contributed by atoms with Crippen LogP contribution < -0.4 is 114 Å². The van der Waals surface area contributed by atoms with E-state index in [-0.39, 0.29) is 102 Å². The molecule has 38 nitrogen and oxygen atoms in total. The fraction of sp³-hybridized carbons (Fsp3) is 0.507. The van der Waals surface area contributed by atoms with E-state index in [0.29, 0.717) is 48.2 Å². The number of nitrogens with zero attached hydrogens (tertiary/aromatic N) is 2. The number of unbranched alkanes of at least 4 members (excludes halogenated alkanes) is 2. The van der Waals surface area contributed by atoms with Gasteiger partial charge in [0.25, 0.3) is 0 Å². The van der Waals surface area contributed by atoms with Gasteiger partial charge < -0.3 is 125 Å². The van der Waals surface area contributed by atoms with Crippen molar-refractivity contribution >= 4 is 88.7 Å². The molecule has 3 aromatic carbocycles. The zero-order valence-electron chi connectivity index (χ0n) is 59.3. The maximum atomic E-state index is 14.3. The first-order valence-electron chi connectivity index (χ1n) is 34.1. The first-order valence-corrected chi connectivity index (χ1v) is 34.1. The van der Waals surface area contributed by atoms with Crippen molar-refractivity contribution in [2.24, 2.45) is 55.9 Å². The Morgan fingerprint density at radius 2 is 0.800 bits per heavy atom. The van der Waals surface area contributed by atoms with Crippen LogP contribution in [0.1, 0.15) is 94.7 Å². The van der Waals surface area contributed by atoms with Crippen molar-refractivity contribution in [3.8, 4) is 11.5 Å². The lowest BCUT2D eigenvalue weighted by atomic mass is 10.0. The van der Waals surface area contributed by atoms with Gasteiger partial charge in [0.2, 0.25) is 76.8 Å². The molecule has 0 fully saturated rings. The molecule has 105 heavy (non-hydrogen) atoms. The highest BCUT2D eigenvalue weighted by atomic mass is 16.5. The minimum Gasteiger partial charge on any atom is -0.508 e. The molecule has 0 aliphatic carbocycles. The molecule has 0 unspecified atom stereocenters. The number of aliphatic imine (C=N–C) groups is 2. The van der Waals surface area contributed by atoms with Crippen LogP contribution in [0.4, 0.5) is 0 Å². The standard InChI is InChI=1S/C67H104N22O16/c1-38(81-54(93)36-80-60(99)50(33-42-21-25-44(105-3)26-22-42)88-64(103)51(32-40-13-5-4-6-14-40)83-55(94)35-78-53(92)34-79-59(98)45(70)31-41-19-23-43(91)24-20-41)57(96)85-49(18-12-30-77-67(74)75)62(101)87-47(16-8-10-28-69)63(102)89-52(37-90)65(104)82-39(2)58(97)86-48(17-11-29-76-66(72)73)61(100)84-46(56(71)95)15-7-9-27-68/h4-6,13-14,19-26,38-39,45-52,90-91H,7-12,15-18,27-37,68-70H2,1-3H3,(H2,71,95)(H,78,92)(H,79,98)(H,80,99)(H,81,93)(H,82,104)(H,83,94)(H,84,100)(H,85,96)(H,86,97)(H,87,101)(H,88,103)(H,89,102)(H4,72,73,76)(H4,74,75,77)/t38-,39-,45-,46-,47-,48-,49-,50-,51-,52-/m0/s1. The Hall–Kier alpha value is -11.2. The number of aliphatic hydroxyl groups excluding tert-OH is 1. The average molecular weight is 1470 g/mol. The number of methoxy groups -OCH3 is 1. The second-order valence-electron chi connectivity index (χ2n) is 24.5. The van der Waals surface area contributed by atoms with E-state index in [1.54, 1.807) is 66.7 Å². The summed E-state index contributed by atoms with van der Waals surface area (Å²) >= 11 is 0. The van der Waals surface area contributed by atoms with Crippen LogP contribution in [0, 0.1) is 0 Å². The van der Waals surface area contributed by atoms with E-state index < -0.39 is 163 Å². The molecule has 30 N–H and O–H groups in total. The van der Waals surface area contributed by atoms with Crippen LogP contribution in [0.25, 0.3) is 0 Å². The summed E-state index contributed by atoms with van der Waals surface area (Å²) in [7, 11) is 1.45. The molecule has 38 heteroatoms. The molecular formula is C67H104N22O16. The number of primary amides is 1. The molecule has 0 saturated heterocycles. The molecule has 0 heterocycles. The van der Waals surface area contributed by atoms with E-state index >= 15 is 0 Å². The maximum Gasteiger partial charge on any atom is 0.245 e. The van der Waals surface area contributed by atoms with Crippen molar-refractivity contribution < 1.29 is 77.3 Å². The number of nitrogens with two attached hydrogens (primary N) is 8. The molecule has 0 aliphatic heterocycles. The van der Waals surface area contributed by atoms with Gasteiger partial charge in [-0.15, -0.1) is 0 Å². The number of phenolic OH excluding ortho intramolecular Hbond substituents is 1. The monoisotopic (exact) mass is 1470 g/mol. The van der Waals surface area contributed by atoms with Gasteiger partial charge in [-0.3, -0.25) is 72.3 Å². The van der Waals surface area contributed by atoms with Gasteiger partial charge in [-0.05, 0) is 139 Å². The Balaban J connectivity index is 1.76. The van der Waals surface area contributed by atoms with Gasteiger partial charge in [0.1, 0.15) is 65.9 Å². The van der Waals surface area contributed by atoms with Crippen molar-refractivity contribution in [1.29, 1.82) is 0 Å². The third-order valence-corrected chi connectivity index (χ3v) is 15.9. The number of ether oxygens (including phenoxy) is 1. The summed E-state index contributed by atoms with van der Waals surface area (Å²) in [6, 6.07) is 7.40. The molecule has 0 saturated carbocycles. The largest absolute Gasteiger partial charge is 0.508 e. The van der Waals surface area contributed by atoms with E-state index in [0.717, 1.165) is 0 Å². The summed E-state index contributed by atoms with van der Waals surface area (Å²) in [6.45, 7) is 0.112. The molecule has 0 spiro atoms. The van der Waals surface area contributed by atoms with Crippen LogP contribution in [0.5, 0.6) is 11.5 Å². The molecule has 3 rings (SSSR count). The number of guanidine groups is 2. The van der Waals surface area contributed by atoms with Gasteiger partial charge in [-0.1, -0.05) is 54.6 Å². The van der Waals surface area contributed by atoms with Crippen molar-refractivity contribution in [3.05, 3.63) is 95.6 Å². The third-order valence-electron chi connectivity index (χ3n) is 15.9. The lowest BCUT2D eigenvalue weighted by Crippen LogP contribution is -2.60.